The number of amidine groups is 1. The van der Waals surface area contributed by atoms with Crippen LogP contribution in [0.1, 0.15) is 90.2 Å². The van der Waals surface area contributed by atoms with Crippen molar-refractivity contribution in [1.29, 1.82) is 0 Å². The molecule has 1 saturated heterocycles. The van der Waals surface area contributed by atoms with Gasteiger partial charge in [0, 0.05) is 54.8 Å². The molecule has 0 bridgehead atoms. The highest BCUT2D eigenvalue weighted by Crippen LogP contribution is 2.45. The van der Waals surface area contributed by atoms with Crippen LogP contribution in [-0.2, 0) is 0 Å². The first-order valence-electron chi connectivity index (χ1n) is 15.6. The zero-order valence-corrected chi connectivity index (χ0v) is 27.6. The Kier molecular flexibility index (Phi) is 12.2. The molecule has 2 aromatic rings. The van der Waals surface area contributed by atoms with Crippen molar-refractivity contribution in [2.24, 2.45) is 15.9 Å². The molecule has 2 fully saturated rings. The summed E-state index contributed by atoms with van der Waals surface area (Å²) in [7, 11) is 1.57. The highest BCUT2D eigenvalue weighted by atomic mass is 19.1. The van der Waals surface area contributed by atoms with Gasteiger partial charge >= 0.3 is 0 Å². The number of halogens is 2. The van der Waals surface area contributed by atoms with Crippen LogP contribution in [0.25, 0.3) is 0 Å². The predicted molar refractivity (Wildman–Crippen MR) is 177 cm³/mol. The summed E-state index contributed by atoms with van der Waals surface area (Å²) in [5, 5.41) is 10.7. The summed E-state index contributed by atoms with van der Waals surface area (Å²) in [6, 6.07) is 4.09. The van der Waals surface area contributed by atoms with Crippen LogP contribution < -0.4 is 10.2 Å². The number of aliphatic imine (C=N–C) groups is 2. The van der Waals surface area contributed by atoms with Crippen LogP contribution in [0.4, 0.5) is 20.3 Å². The zero-order chi connectivity index (χ0) is 32.6. The van der Waals surface area contributed by atoms with Gasteiger partial charge in [-0.25, -0.2) is 13.8 Å². The molecule has 0 unspecified atom stereocenters. The van der Waals surface area contributed by atoms with Crippen molar-refractivity contribution in [3.8, 4) is 0 Å². The number of aromatic amines is 1. The van der Waals surface area contributed by atoms with E-state index in [1.54, 1.807) is 25.1 Å². The van der Waals surface area contributed by atoms with Gasteiger partial charge in [-0.3, -0.25) is 14.9 Å². The minimum atomic E-state index is -0.823. The smallest absolute Gasteiger partial charge is 0.254 e. The second-order valence-corrected chi connectivity index (χ2v) is 10.8. The standard InChI is InChI=1S/C32H41F2N7O.C2H6/c1-8-19(4)28(26(9-2)35-10-3)29(22-12-13-22)31(37-27-16-20(5)38-39-27)36-21(6)40(7)30-24(33)17-23(18-25(30)34)32(42)41-14-11-15-41;1-2/h9-10,16-18,22H,8,11-15H2,1-7H3,(H2,37,38,39);1-2H3/b26-9-,28-19+,31-29+,35-10?,36-21+;. The number of nitrogens with zero attached hydrogens (tertiary/aromatic N) is 5. The van der Waals surface area contributed by atoms with Crippen molar-refractivity contribution in [2.45, 2.75) is 81.1 Å². The fraction of sp³-hybridized carbons (Fsp3) is 0.471. The molecule has 4 rings (SSSR count). The van der Waals surface area contributed by atoms with Gasteiger partial charge < -0.3 is 15.1 Å². The molecule has 1 aromatic carbocycles. The molecule has 2 N–H and O–H groups in total. The third-order valence-corrected chi connectivity index (χ3v) is 7.72. The van der Waals surface area contributed by atoms with Crippen LogP contribution in [-0.4, -0.2) is 53.2 Å². The fourth-order valence-electron chi connectivity index (χ4n) is 4.94. The Hall–Kier alpha value is -4.08. The second-order valence-electron chi connectivity index (χ2n) is 10.8. The van der Waals surface area contributed by atoms with Gasteiger partial charge in [0.15, 0.2) is 17.5 Å². The minimum Gasteiger partial charge on any atom is -0.339 e. The lowest BCUT2D eigenvalue weighted by Gasteiger charge is -2.31. The number of H-pyrrole nitrogens is 1. The van der Waals surface area contributed by atoms with E-state index < -0.39 is 11.6 Å². The highest BCUT2D eigenvalue weighted by Gasteiger charge is 2.34. The largest absolute Gasteiger partial charge is 0.339 e. The molecule has 1 saturated carbocycles. The van der Waals surface area contributed by atoms with Crippen LogP contribution in [0.3, 0.4) is 0 Å². The van der Waals surface area contributed by atoms with Crippen molar-refractivity contribution < 1.29 is 13.6 Å². The van der Waals surface area contributed by atoms with Gasteiger partial charge in [-0.1, -0.05) is 32.4 Å². The summed E-state index contributed by atoms with van der Waals surface area (Å²) in [5.41, 5.74) is 4.63. The molecule has 44 heavy (non-hydrogen) atoms. The first-order valence-corrected chi connectivity index (χ1v) is 15.6. The Morgan fingerprint density at radius 3 is 2.25 bits per heavy atom. The lowest BCUT2D eigenvalue weighted by Crippen LogP contribution is -2.42. The summed E-state index contributed by atoms with van der Waals surface area (Å²) in [5.74, 6) is -0.277. The molecule has 0 atom stereocenters. The summed E-state index contributed by atoms with van der Waals surface area (Å²) < 4.78 is 30.8. The van der Waals surface area contributed by atoms with Gasteiger partial charge in [0.25, 0.3) is 5.91 Å². The highest BCUT2D eigenvalue weighted by molar-refractivity contribution is 5.98. The molecule has 0 radical (unpaired) electrons. The molecule has 1 aromatic heterocycles. The van der Waals surface area contributed by atoms with Gasteiger partial charge in [-0.15, -0.1) is 0 Å². The van der Waals surface area contributed by atoms with E-state index in [0.717, 1.165) is 65.9 Å². The van der Waals surface area contributed by atoms with Gasteiger partial charge in [0.1, 0.15) is 17.3 Å². The predicted octanol–water partition coefficient (Wildman–Crippen LogP) is 8.18. The number of carbonyl (C=O) groups is 1. The molecule has 1 aliphatic carbocycles. The Bertz CT molecular complexity index is 1470. The monoisotopic (exact) mass is 607 g/mol. The minimum absolute atomic E-state index is 0.00351. The lowest BCUT2D eigenvalue weighted by atomic mass is 9.92. The number of hydrogen-bond donors (Lipinski definition) is 2. The van der Waals surface area contributed by atoms with Crippen molar-refractivity contribution in [3.05, 3.63) is 75.4 Å². The number of benzene rings is 1. The molecule has 2 heterocycles. The van der Waals surface area contributed by atoms with E-state index in [1.807, 2.05) is 46.8 Å². The summed E-state index contributed by atoms with van der Waals surface area (Å²) in [4.78, 5) is 25.2. The number of rotatable bonds is 10. The van der Waals surface area contributed by atoms with Crippen LogP contribution in [0, 0.1) is 24.5 Å². The Labute approximate surface area is 260 Å². The quantitative estimate of drug-likeness (QED) is 0.162. The number of anilines is 2. The van der Waals surface area contributed by atoms with E-state index >= 15 is 8.78 Å². The van der Waals surface area contributed by atoms with Crippen LogP contribution in [0.2, 0.25) is 0 Å². The lowest BCUT2D eigenvalue weighted by molar-refractivity contribution is 0.0651. The van der Waals surface area contributed by atoms with Crippen LogP contribution >= 0.6 is 0 Å². The molecule has 8 nitrogen and oxygen atoms in total. The molecular weight excluding hydrogens is 560 g/mol. The van der Waals surface area contributed by atoms with Gasteiger partial charge in [-0.05, 0) is 78.4 Å². The average Bonchev–Trinajstić information content (AvgIpc) is 3.73. The van der Waals surface area contributed by atoms with Crippen molar-refractivity contribution in [1.82, 2.24) is 15.1 Å². The van der Waals surface area contributed by atoms with Crippen LogP contribution in [0.5, 0.6) is 0 Å². The number of likely N-dealkylation sites (tertiary alicyclic amines) is 1. The third-order valence-electron chi connectivity index (χ3n) is 7.72. The Balaban J connectivity index is 0.00000259. The fourth-order valence-corrected chi connectivity index (χ4v) is 4.94. The van der Waals surface area contributed by atoms with E-state index in [-0.39, 0.29) is 23.1 Å². The Morgan fingerprint density at radius 2 is 1.80 bits per heavy atom. The Morgan fingerprint density at radius 1 is 1.16 bits per heavy atom. The third kappa shape index (κ3) is 7.89. The topological polar surface area (TPSA) is 89.0 Å². The number of hydrogen-bond acceptors (Lipinski definition) is 5. The number of nitrogens with one attached hydrogen (secondary N) is 2. The normalized spacial score (nSPS) is 16.6. The number of aryl methyl sites for hydroxylation is 1. The molecular formula is C34H47F2N7O. The maximum atomic E-state index is 15.4. The second kappa shape index (κ2) is 15.6. The summed E-state index contributed by atoms with van der Waals surface area (Å²) in [6.45, 7) is 16.9. The van der Waals surface area contributed by atoms with E-state index in [2.05, 4.69) is 34.4 Å². The zero-order valence-electron chi connectivity index (χ0n) is 27.6. The molecule has 0 spiro atoms. The maximum Gasteiger partial charge on any atom is 0.254 e. The van der Waals surface area contributed by atoms with Crippen molar-refractivity contribution in [3.63, 3.8) is 0 Å². The number of allylic oxidation sites excluding steroid dienone is 3. The van der Waals surface area contributed by atoms with Crippen molar-refractivity contribution in [2.75, 3.05) is 30.4 Å². The number of amides is 1. The van der Waals surface area contributed by atoms with E-state index in [0.29, 0.717) is 30.6 Å². The van der Waals surface area contributed by atoms with E-state index in [1.165, 1.54) is 4.90 Å². The van der Waals surface area contributed by atoms with Gasteiger partial charge in [-0.2, -0.15) is 5.10 Å². The molecule has 2 aliphatic rings. The average molecular weight is 608 g/mol. The number of carbonyl (C=O) groups excluding carboxylic acids is 1. The van der Waals surface area contributed by atoms with E-state index in [9.17, 15) is 4.79 Å². The van der Waals surface area contributed by atoms with Crippen LogP contribution in [0.15, 0.2) is 62.5 Å². The molecule has 1 aliphatic heterocycles. The summed E-state index contributed by atoms with van der Waals surface area (Å²) >= 11 is 0. The SMILES string of the molecule is CC.CC=NC(=C\C)/C(=C(/C)CC)C(=C(\N=C(/C)N(C)c1c(F)cc(C(=O)N2CCC2)cc1F)Nc1cc(C)[nH]n1)/C1CC1. The first-order chi connectivity index (χ1) is 21.1. The molecule has 238 valence electrons. The van der Waals surface area contributed by atoms with Gasteiger partial charge in [0.05, 0.1) is 5.70 Å². The maximum absolute atomic E-state index is 15.4. The summed E-state index contributed by atoms with van der Waals surface area (Å²) in [6.07, 6.45) is 7.47. The first kappa shape index (κ1) is 34.4. The number of aromatic nitrogens is 2. The molecule has 10 heteroatoms. The molecule has 1 amide bonds. The van der Waals surface area contributed by atoms with E-state index in [4.69, 9.17) is 4.99 Å². The van der Waals surface area contributed by atoms with Gasteiger partial charge in [0.2, 0.25) is 0 Å². The van der Waals surface area contributed by atoms with Crippen molar-refractivity contribution >= 4 is 29.5 Å².